The quantitative estimate of drug-likeness (QED) is 0.483. The van der Waals surface area contributed by atoms with Crippen molar-refractivity contribution in [1.29, 1.82) is 0 Å². The number of anilines is 1. The molecule has 0 heterocycles. The Morgan fingerprint density at radius 3 is 2.53 bits per heavy atom. The standard InChI is InChI=1S/C12H16N2O5/c1-4-18-11-7-9(13-3)10(14(16)17)6-8(11)12(15)19-5-2/h6-7,13H,4-5H2,1-3H3. The van der Waals surface area contributed by atoms with Crippen LogP contribution in [0.1, 0.15) is 24.2 Å². The van der Waals surface area contributed by atoms with Gasteiger partial charge in [-0.1, -0.05) is 0 Å². The molecule has 0 aromatic heterocycles. The van der Waals surface area contributed by atoms with Crippen LogP contribution in [0, 0.1) is 10.1 Å². The van der Waals surface area contributed by atoms with Gasteiger partial charge in [-0.3, -0.25) is 10.1 Å². The number of rotatable bonds is 6. The van der Waals surface area contributed by atoms with Crippen LogP contribution in [-0.4, -0.2) is 31.2 Å². The molecule has 7 heteroatoms. The largest absolute Gasteiger partial charge is 0.493 e. The van der Waals surface area contributed by atoms with Crippen LogP contribution in [0.4, 0.5) is 11.4 Å². The predicted octanol–water partition coefficient (Wildman–Crippen LogP) is 2.21. The van der Waals surface area contributed by atoms with E-state index in [0.29, 0.717) is 6.61 Å². The highest BCUT2D eigenvalue weighted by atomic mass is 16.6. The molecule has 0 saturated heterocycles. The van der Waals surface area contributed by atoms with E-state index in [2.05, 4.69) is 5.32 Å². The molecule has 7 nitrogen and oxygen atoms in total. The fraction of sp³-hybridized carbons (Fsp3) is 0.417. The number of carbonyl (C=O) groups is 1. The molecule has 1 N–H and O–H groups in total. The lowest BCUT2D eigenvalue weighted by atomic mass is 10.1. The highest BCUT2D eigenvalue weighted by molar-refractivity contribution is 5.94. The Labute approximate surface area is 110 Å². The summed E-state index contributed by atoms with van der Waals surface area (Å²) in [5.74, 6) is -0.382. The minimum Gasteiger partial charge on any atom is -0.493 e. The van der Waals surface area contributed by atoms with Crippen molar-refractivity contribution in [3.8, 4) is 5.75 Å². The highest BCUT2D eigenvalue weighted by Crippen LogP contribution is 2.33. The Morgan fingerprint density at radius 2 is 2.05 bits per heavy atom. The molecule has 0 unspecified atom stereocenters. The summed E-state index contributed by atoms with van der Waals surface area (Å²) in [6.07, 6.45) is 0. The first kappa shape index (κ1) is 14.7. The zero-order valence-corrected chi connectivity index (χ0v) is 11.1. The van der Waals surface area contributed by atoms with Gasteiger partial charge in [0.1, 0.15) is 17.0 Å². The maximum atomic E-state index is 11.8. The van der Waals surface area contributed by atoms with Gasteiger partial charge >= 0.3 is 5.97 Å². The normalized spacial score (nSPS) is 9.84. The highest BCUT2D eigenvalue weighted by Gasteiger charge is 2.23. The van der Waals surface area contributed by atoms with Crippen molar-refractivity contribution in [2.75, 3.05) is 25.6 Å². The van der Waals surface area contributed by atoms with Gasteiger partial charge in [0.2, 0.25) is 0 Å². The number of esters is 1. The summed E-state index contributed by atoms with van der Waals surface area (Å²) in [5, 5.41) is 13.7. The first-order valence-corrected chi connectivity index (χ1v) is 5.85. The van der Waals surface area contributed by atoms with E-state index in [1.165, 1.54) is 6.07 Å². The van der Waals surface area contributed by atoms with Gasteiger partial charge in [0.05, 0.1) is 18.1 Å². The third-order valence-electron chi connectivity index (χ3n) is 2.36. The first-order chi connectivity index (χ1) is 9.04. The molecule has 104 valence electrons. The Morgan fingerprint density at radius 1 is 1.37 bits per heavy atom. The molecule has 0 spiro atoms. The molecule has 1 rings (SSSR count). The van der Waals surface area contributed by atoms with Gasteiger partial charge in [-0.2, -0.15) is 0 Å². The van der Waals surface area contributed by atoms with Crippen LogP contribution in [-0.2, 0) is 4.74 Å². The van der Waals surface area contributed by atoms with Gasteiger partial charge in [-0.25, -0.2) is 4.79 Å². The van der Waals surface area contributed by atoms with Crippen LogP contribution in [0.3, 0.4) is 0 Å². The van der Waals surface area contributed by atoms with Gasteiger partial charge in [-0.05, 0) is 13.8 Å². The van der Waals surface area contributed by atoms with Crippen LogP contribution in [0.15, 0.2) is 12.1 Å². The van der Waals surface area contributed by atoms with Gasteiger partial charge in [-0.15, -0.1) is 0 Å². The number of hydrogen-bond donors (Lipinski definition) is 1. The lowest BCUT2D eigenvalue weighted by Crippen LogP contribution is -2.09. The number of nitrogens with zero attached hydrogens (tertiary/aromatic N) is 1. The maximum absolute atomic E-state index is 11.8. The summed E-state index contributed by atoms with van der Waals surface area (Å²) in [5.41, 5.74) is 0.130. The summed E-state index contributed by atoms with van der Waals surface area (Å²) >= 11 is 0. The average molecular weight is 268 g/mol. The topological polar surface area (TPSA) is 90.7 Å². The minimum absolute atomic E-state index is 0.0504. The number of nitrogens with one attached hydrogen (secondary N) is 1. The van der Waals surface area contributed by atoms with E-state index >= 15 is 0 Å². The molecule has 0 aliphatic rings. The zero-order chi connectivity index (χ0) is 14.4. The van der Waals surface area contributed by atoms with Crippen molar-refractivity contribution in [3.05, 3.63) is 27.8 Å². The SMILES string of the molecule is CCOC(=O)c1cc([N+](=O)[O-])c(NC)cc1OCC. The molecule has 0 atom stereocenters. The van der Waals surface area contributed by atoms with Crippen LogP contribution in [0.5, 0.6) is 5.75 Å². The van der Waals surface area contributed by atoms with E-state index in [-0.39, 0.29) is 29.3 Å². The van der Waals surface area contributed by atoms with E-state index in [1.54, 1.807) is 20.9 Å². The number of nitro benzene ring substituents is 1. The van der Waals surface area contributed by atoms with E-state index in [9.17, 15) is 14.9 Å². The molecule has 0 fully saturated rings. The number of benzene rings is 1. The molecule has 0 saturated carbocycles. The Hall–Kier alpha value is -2.31. The minimum atomic E-state index is -0.642. The second-order valence-electron chi connectivity index (χ2n) is 3.53. The summed E-state index contributed by atoms with van der Waals surface area (Å²) in [7, 11) is 1.56. The Bertz CT molecular complexity index is 487. The van der Waals surface area contributed by atoms with Gasteiger partial charge < -0.3 is 14.8 Å². The van der Waals surface area contributed by atoms with Crippen molar-refractivity contribution >= 4 is 17.3 Å². The van der Waals surface area contributed by atoms with Crippen molar-refractivity contribution in [2.45, 2.75) is 13.8 Å². The summed E-state index contributed by atoms with van der Waals surface area (Å²) in [4.78, 5) is 22.2. The molecule has 0 bridgehead atoms. The number of nitro groups is 1. The first-order valence-electron chi connectivity index (χ1n) is 5.85. The molecule has 0 aliphatic carbocycles. The molecule has 0 amide bonds. The lowest BCUT2D eigenvalue weighted by Gasteiger charge is -2.11. The zero-order valence-electron chi connectivity index (χ0n) is 11.1. The van der Waals surface area contributed by atoms with E-state index in [0.717, 1.165) is 6.07 Å². The van der Waals surface area contributed by atoms with Gasteiger partial charge in [0.15, 0.2) is 0 Å². The van der Waals surface area contributed by atoms with Crippen molar-refractivity contribution in [1.82, 2.24) is 0 Å². The van der Waals surface area contributed by atoms with Crippen LogP contribution >= 0.6 is 0 Å². The van der Waals surface area contributed by atoms with Crippen molar-refractivity contribution in [2.24, 2.45) is 0 Å². The van der Waals surface area contributed by atoms with Crippen LogP contribution < -0.4 is 10.1 Å². The molecular weight excluding hydrogens is 252 g/mol. The van der Waals surface area contributed by atoms with Gasteiger partial charge in [0.25, 0.3) is 5.69 Å². The predicted molar refractivity (Wildman–Crippen MR) is 69.8 cm³/mol. The average Bonchev–Trinajstić information content (AvgIpc) is 2.38. The number of ether oxygens (including phenoxy) is 2. The molecule has 1 aromatic carbocycles. The Balaban J connectivity index is 3.36. The van der Waals surface area contributed by atoms with E-state index < -0.39 is 10.9 Å². The van der Waals surface area contributed by atoms with Crippen molar-refractivity contribution in [3.63, 3.8) is 0 Å². The lowest BCUT2D eigenvalue weighted by molar-refractivity contribution is -0.384. The Kier molecular flexibility index (Phi) is 5.11. The van der Waals surface area contributed by atoms with Gasteiger partial charge in [0, 0.05) is 19.2 Å². The monoisotopic (exact) mass is 268 g/mol. The molecule has 0 aliphatic heterocycles. The smallest absolute Gasteiger partial charge is 0.342 e. The second-order valence-corrected chi connectivity index (χ2v) is 3.53. The van der Waals surface area contributed by atoms with E-state index in [4.69, 9.17) is 9.47 Å². The third kappa shape index (κ3) is 3.34. The fourth-order valence-electron chi connectivity index (χ4n) is 1.56. The second kappa shape index (κ2) is 6.58. The van der Waals surface area contributed by atoms with E-state index in [1.807, 2.05) is 0 Å². The molecule has 19 heavy (non-hydrogen) atoms. The molecule has 0 radical (unpaired) electrons. The van der Waals surface area contributed by atoms with Crippen molar-refractivity contribution < 1.29 is 19.2 Å². The maximum Gasteiger partial charge on any atom is 0.342 e. The number of hydrogen-bond acceptors (Lipinski definition) is 6. The summed E-state index contributed by atoms with van der Waals surface area (Å²) in [6, 6.07) is 2.59. The van der Waals surface area contributed by atoms with Crippen LogP contribution in [0.2, 0.25) is 0 Å². The molecular formula is C12H16N2O5. The number of carbonyl (C=O) groups excluding carboxylic acids is 1. The summed E-state index contributed by atoms with van der Waals surface area (Å²) < 4.78 is 10.2. The third-order valence-corrected chi connectivity index (χ3v) is 2.36. The fourth-order valence-corrected chi connectivity index (χ4v) is 1.56. The molecule has 1 aromatic rings. The van der Waals surface area contributed by atoms with Crippen LogP contribution in [0.25, 0.3) is 0 Å². The summed E-state index contributed by atoms with van der Waals surface area (Å²) in [6.45, 7) is 3.95.